The van der Waals surface area contributed by atoms with Crippen LogP contribution in [0.3, 0.4) is 0 Å². The lowest BCUT2D eigenvalue weighted by Gasteiger charge is -2.32. The Morgan fingerprint density at radius 2 is 1.41 bits per heavy atom. The average Bonchev–Trinajstić information content (AvgIpc) is 3.56. The third-order valence-electron chi connectivity index (χ3n) is 4.96. The lowest BCUT2D eigenvalue weighted by molar-refractivity contribution is -0.190. The highest BCUT2D eigenvalue weighted by atomic mass is 32.1. The Labute approximate surface area is 194 Å². The molecular weight excluding hydrogens is 448 g/mol. The summed E-state index contributed by atoms with van der Waals surface area (Å²) in [6.45, 7) is 1.27. The van der Waals surface area contributed by atoms with E-state index in [1.54, 1.807) is 46.9 Å². The maximum atomic E-state index is 13.2. The van der Waals surface area contributed by atoms with E-state index in [9.17, 15) is 9.59 Å². The van der Waals surface area contributed by atoms with E-state index in [1.165, 1.54) is 4.90 Å². The average molecular weight is 473 g/mol. The van der Waals surface area contributed by atoms with Gasteiger partial charge in [-0.15, -0.1) is 22.7 Å². The number of carbonyl (C=O) groups excluding carboxylic acids is 2. The van der Waals surface area contributed by atoms with Crippen LogP contribution in [0.4, 0.5) is 0 Å². The van der Waals surface area contributed by atoms with Crippen molar-refractivity contribution in [2.45, 2.75) is 25.5 Å². The van der Waals surface area contributed by atoms with Crippen LogP contribution >= 0.6 is 22.7 Å². The topological polar surface area (TPSA) is 91.1 Å². The summed E-state index contributed by atoms with van der Waals surface area (Å²) in [4.78, 5) is 29.6. The molecule has 0 spiro atoms. The van der Waals surface area contributed by atoms with Crippen molar-refractivity contribution in [1.82, 2.24) is 4.90 Å². The Bertz CT molecular complexity index is 950. The standard InChI is InChI=1S/C23H24N2O5S2/c24-9-10-28-15-20(25-21(26)18-7-1-2-8-19(18)22(25)27)23(29-13-16-5-3-11-31-16)30-14-17-6-4-12-32-17/h1-8,11-12,20,23H,9-10,13-15,24H2. The van der Waals surface area contributed by atoms with Gasteiger partial charge in [0.1, 0.15) is 6.04 Å². The lowest BCUT2D eigenvalue weighted by atomic mass is 10.1. The Balaban J connectivity index is 1.59. The molecule has 2 amide bonds. The van der Waals surface area contributed by atoms with Crippen LogP contribution in [0.2, 0.25) is 0 Å². The molecule has 0 saturated carbocycles. The van der Waals surface area contributed by atoms with Crippen molar-refractivity contribution in [2.24, 2.45) is 5.73 Å². The number of hydrogen-bond donors (Lipinski definition) is 1. The number of rotatable bonds is 12. The van der Waals surface area contributed by atoms with E-state index in [1.807, 2.05) is 35.0 Å². The molecule has 0 fully saturated rings. The molecular formula is C23H24N2O5S2. The lowest BCUT2D eigenvalue weighted by Crippen LogP contribution is -2.51. The summed E-state index contributed by atoms with van der Waals surface area (Å²) in [5.74, 6) is -0.757. The zero-order chi connectivity index (χ0) is 22.3. The van der Waals surface area contributed by atoms with Crippen LogP contribution in [0.5, 0.6) is 0 Å². The summed E-state index contributed by atoms with van der Waals surface area (Å²) in [5, 5.41) is 3.93. The molecule has 3 aromatic rings. The third-order valence-corrected chi connectivity index (χ3v) is 6.66. The van der Waals surface area contributed by atoms with Crippen LogP contribution in [0.15, 0.2) is 59.3 Å². The zero-order valence-electron chi connectivity index (χ0n) is 17.3. The molecule has 168 valence electrons. The molecule has 1 atom stereocenters. The maximum absolute atomic E-state index is 13.2. The Morgan fingerprint density at radius 1 is 0.844 bits per heavy atom. The first-order chi connectivity index (χ1) is 15.7. The predicted molar refractivity (Wildman–Crippen MR) is 123 cm³/mol. The van der Waals surface area contributed by atoms with Crippen molar-refractivity contribution < 1.29 is 23.8 Å². The van der Waals surface area contributed by atoms with Crippen LogP contribution < -0.4 is 5.73 Å². The van der Waals surface area contributed by atoms with Gasteiger partial charge in [0, 0.05) is 16.3 Å². The summed E-state index contributed by atoms with van der Waals surface area (Å²) >= 11 is 3.13. The quantitative estimate of drug-likeness (QED) is 0.246. The minimum absolute atomic E-state index is 0.0578. The van der Waals surface area contributed by atoms with Gasteiger partial charge in [0.15, 0.2) is 6.29 Å². The highest BCUT2D eigenvalue weighted by molar-refractivity contribution is 7.10. The smallest absolute Gasteiger partial charge is 0.262 e. The van der Waals surface area contributed by atoms with Crippen molar-refractivity contribution in [3.63, 3.8) is 0 Å². The number of benzene rings is 1. The van der Waals surface area contributed by atoms with E-state index >= 15 is 0 Å². The molecule has 1 aliphatic heterocycles. The highest BCUT2D eigenvalue weighted by Gasteiger charge is 2.43. The molecule has 1 aromatic carbocycles. The van der Waals surface area contributed by atoms with Gasteiger partial charge in [-0.1, -0.05) is 24.3 Å². The van der Waals surface area contributed by atoms with E-state index in [-0.39, 0.29) is 18.4 Å². The largest absolute Gasteiger partial charge is 0.378 e. The first-order valence-corrected chi connectivity index (χ1v) is 12.0. The molecule has 2 aromatic heterocycles. The number of fused-ring (bicyclic) bond motifs is 1. The Kier molecular flexibility index (Phi) is 7.80. The van der Waals surface area contributed by atoms with E-state index in [0.717, 1.165) is 9.75 Å². The van der Waals surface area contributed by atoms with Gasteiger partial charge < -0.3 is 19.9 Å². The molecule has 32 heavy (non-hydrogen) atoms. The number of nitrogens with zero attached hydrogens (tertiary/aromatic N) is 1. The second-order valence-corrected chi connectivity index (χ2v) is 9.17. The number of thiophene rings is 2. The summed E-state index contributed by atoms with van der Waals surface area (Å²) in [7, 11) is 0. The predicted octanol–water partition coefficient (Wildman–Crippen LogP) is 3.51. The number of ether oxygens (including phenoxy) is 3. The van der Waals surface area contributed by atoms with Gasteiger partial charge in [0.05, 0.1) is 37.6 Å². The van der Waals surface area contributed by atoms with Gasteiger partial charge in [-0.3, -0.25) is 14.5 Å². The minimum Gasteiger partial charge on any atom is -0.378 e. The third kappa shape index (κ3) is 5.15. The SMILES string of the molecule is NCCOCC(C(OCc1cccs1)OCc1cccs1)N1C(=O)c2ccccc2C1=O. The van der Waals surface area contributed by atoms with Crippen LogP contribution in [-0.4, -0.2) is 48.8 Å². The maximum Gasteiger partial charge on any atom is 0.262 e. The van der Waals surface area contributed by atoms with E-state index in [2.05, 4.69) is 0 Å². The van der Waals surface area contributed by atoms with E-state index in [4.69, 9.17) is 19.9 Å². The van der Waals surface area contributed by atoms with Crippen LogP contribution in [0, 0.1) is 0 Å². The second-order valence-electron chi connectivity index (χ2n) is 7.11. The Morgan fingerprint density at radius 3 is 1.88 bits per heavy atom. The minimum atomic E-state index is -0.876. The summed E-state index contributed by atoms with van der Waals surface area (Å²) in [6, 6.07) is 13.8. The van der Waals surface area contributed by atoms with Crippen molar-refractivity contribution in [3.05, 3.63) is 80.2 Å². The second kappa shape index (κ2) is 11.0. The van der Waals surface area contributed by atoms with Gasteiger partial charge in [0.25, 0.3) is 11.8 Å². The van der Waals surface area contributed by atoms with Crippen molar-refractivity contribution in [1.29, 1.82) is 0 Å². The molecule has 0 saturated heterocycles. The van der Waals surface area contributed by atoms with Gasteiger partial charge >= 0.3 is 0 Å². The fraction of sp³-hybridized carbons (Fsp3) is 0.304. The molecule has 0 aliphatic carbocycles. The Hall–Kier alpha value is -2.40. The van der Waals surface area contributed by atoms with Crippen LogP contribution in [-0.2, 0) is 27.4 Å². The fourth-order valence-corrected chi connectivity index (χ4v) is 4.71. The van der Waals surface area contributed by atoms with Crippen molar-refractivity contribution in [2.75, 3.05) is 19.8 Å². The number of amides is 2. The number of nitrogens with two attached hydrogens (primary N) is 1. The number of carbonyl (C=O) groups is 2. The highest BCUT2D eigenvalue weighted by Crippen LogP contribution is 2.28. The monoisotopic (exact) mass is 472 g/mol. The number of imide groups is 1. The summed E-state index contributed by atoms with van der Waals surface area (Å²) in [5.41, 5.74) is 6.32. The van der Waals surface area contributed by atoms with Crippen LogP contribution in [0.25, 0.3) is 0 Å². The molecule has 2 N–H and O–H groups in total. The van der Waals surface area contributed by atoms with E-state index < -0.39 is 12.3 Å². The molecule has 4 rings (SSSR count). The molecule has 7 nitrogen and oxygen atoms in total. The normalized spacial score (nSPS) is 14.4. The number of hydrogen-bond acceptors (Lipinski definition) is 8. The van der Waals surface area contributed by atoms with Crippen LogP contribution in [0.1, 0.15) is 30.5 Å². The molecule has 1 aliphatic rings. The van der Waals surface area contributed by atoms with E-state index in [0.29, 0.717) is 37.5 Å². The van der Waals surface area contributed by atoms with Crippen molar-refractivity contribution in [3.8, 4) is 0 Å². The molecule has 1 unspecified atom stereocenters. The fourth-order valence-electron chi connectivity index (χ4n) is 3.46. The molecule has 0 bridgehead atoms. The van der Waals surface area contributed by atoms with Crippen molar-refractivity contribution >= 4 is 34.5 Å². The first kappa shape index (κ1) is 22.8. The summed E-state index contributed by atoms with van der Waals surface area (Å²) in [6.07, 6.45) is -0.876. The molecule has 9 heteroatoms. The van der Waals surface area contributed by atoms with Gasteiger partial charge in [-0.2, -0.15) is 0 Å². The van der Waals surface area contributed by atoms with Gasteiger partial charge in [-0.25, -0.2) is 0 Å². The molecule has 3 heterocycles. The summed E-state index contributed by atoms with van der Waals surface area (Å²) < 4.78 is 17.9. The van der Waals surface area contributed by atoms with Gasteiger partial charge in [-0.05, 0) is 35.0 Å². The first-order valence-electron chi connectivity index (χ1n) is 10.2. The molecule has 0 radical (unpaired) electrons. The van der Waals surface area contributed by atoms with Gasteiger partial charge in [0.2, 0.25) is 0 Å². The zero-order valence-corrected chi connectivity index (χ0v) is 19.0.